The number of amides is 1. The largest absolute Gasteiger partial charge is 0.466 e. The van der Waals surface area contributed by atoms with Gasteiger partial charge in [-0.25, -0.2) is 0 Å². The van der Waals surface area contributed by atoms with E-state index in [-0.39, 0.29) is 18.3 Å². The van der Waals surface area contributed by atoms with Crippen LogP contribution in [-0.2, 0) is 16.0 Å². The number of carbonyl (C=O) groups excluding carboxylic acids is 2. The highest BCUT2D eigenvalue weighted by Gasteiger charge is 2.11. The van der Waals surface area contributed by atoms with Gasteiger partial charge in [-0.3, -0.25) is 9.59 Å². The zero-order chi connectivity index (χ0) is 23.4. The van der Waals surface area contributed by atoms with E-state index in [0.717, 1.165) is 16.5 Å². The molecule has 4 rings (SSSR count). The van der Waals surface area contributed by atoms with E-state index in [9.17, 15) is 9.59 Å². The summed E-state index contributed by atoms with van der Waals surface area (Å²) < 4.78 is 10.8. The van der Waals surface area contributed by atoms with E-state index in [1.54, 1.807) is 67.6 Å². The van der Waals surface area contributed by atoms with Crippen LogP contribution in [0.3, 0.4) is 0 Å². The summed E-state index contributed by atoms with van der Waals surface area (Å²) in [5.41, 5.74) is 2.61. The molecule has 168 valence electrons. The van der Waals surface area contributed by atoms with Crippen molar-refractivity contribution >= 4 is 51.7 Å². The standard InChI is InChI=1S/C25H20Cl2N2O4/c1-2-32-24(30)12-15-3-10-23(20(27)11-15)33-19-7-5-18(6-8-19)28-25(31)22-14-16-13-17(26)4-9-21(16)29-22/h3-11,13-14,29H,2,12H2,1H3,(H,28,31). The third kappa shape index (κ3) is 5.66. The Balaban J connectivity index is 1.39. The summed E-state index contributed by atoms with van der Waals surface area (Å²) in [6, 6.07) is 19.2. The number of fused-ring (bicyclic) bond motifs is 1. The summed E-state index contributed by atoms with van der Waals surface area (Å²) in [4.78, 5) is 27.3. The minimum atomic E-state index is -0.309. The summed E-state index contributed by atoms with van der Waals surface area (Å²) in [5, 5.41) is 4.70. The second-order valence-electron chi connectivity index (χ2n) is 7.24. The fraction of sp³-hybridized carbons (Fsp3) is 0.120. The number of aromatic nitrogens is 1. The fourth-order valence-electron chi connectivity index (χ4n) is 3.27. The number of ether oxygens (including phenoxy) is 2. The first-order valence-corrected chi connectivity index (χ1v) is 11.0. The van der Waals surface area contributed by atoms with Crippen molar-refractivity contribution in [2.75, 3.05) is 11.9 Å². The highest BCUT2D eigenvalue weighted by molar-refractivity contribution is 6.32. The maximum atomic E-state index is 12.6. The maximum absolute atomic E-state index is 12.6. The second-order valence-corrected chi connectivity index (χ2v) is 8.09. The Labute approximate surface area is 200 Å². The minimum absolute atomic E-state index is 0.144. The SMILES string of the molecule is CCOC(=O)Cc1ccc(Oc2ccc(NC(=O)c3cc4cc(Cl)ccc4[nH]3)cc2)c(Cl)c1. The van der Waals surface area contributed by atoms with Gasteiger partial charge in [-0.2, -0.15) is 0 Å². The van der Waals surface area contributed by atoms with Crippen LogP contribution in [0.2, 0.25) is 10.0 Å². The molecule has 1 heterocycles. The Hall–Kier alpha value is -3.48. The number of hydrogen-bond acceptors (Lipinski definition) is 4. The molecule has 0 radical (unpaired) electrons. The Morgan fingerprint density at radius 3 is 2.48 bits per heavy atom. The molecule has 0 aliphatic heterocycles. The van der Waals surface area contributed by atoms with Gasteiger partial charge in [-0.15, -0.1) is 0 Å². The molecule has 0 spiro atoms. The molecule has 2 N–H and O–H groups in total. The third-order valence-electron chi connectivity index (χ3n) is 4.82. The van der Waals surface area contributed by atoms with Crippen LogP contribution < -0.4 is 10.1 Å². The van der Waals surface area contributed by atoms with E-state index in [0.29, 0.717) is 39.5 Å². The van der Waals surface area contributed by atoms with Gasteiger partial charge in [0, 0.05) is 21.6 Å². The van der Waals surface area contributed by atoms with Gasteiger partial charge in [0.15, 0.2) is 0 Å². The van der Waals surface area contributed by atoms with E-state index >= 15 is 0 Å². The summed E-state index contributed by atoms with van der Waals surface area (Å²) >= 11 is 12.3. The fourth-order valence-corrected chi connectivity index (χ4v) is 3.70. The molecule has 3 aromatic carbocycles. The lowest BCUT2D eigenvalue weighted by molar-refractivity contribution is -0.142. The quantitative estimate of drug-likeness (QED) is 0.290. The number of H-pyrrole nitrogens is 1. The number of rotatable bonds is 7. The molecular weight excluding hydrogens is 463 g/mol. The first kappa shape index (κ1) is 22.7. The van der Waals surface area contributed by atoms with Crippen LogP contribution in [0.5, 0.6) is 11.5 Å². The minimum Gasteiger partial charge on any atom is -0.466 e. The lowest BCUT2D eigenvalue weighted by Crippen LogP contribution is -2.12. The summed E-state index contributed by atoms with van der Waals surface area (Å²) in [6.07, 6.45) is 0.144. The van der Waals surface area contributed by atoms with Gasteiger partial charge >= 0.3 is 5.97 Å². The molecule has 1 aromatic heterocycles. The molecule has 0 saturated carbocycles. The molecule has 0 unspecified atom stereocenters. The maximum Gasteiger partial charge on any atom is 0.310 e. The van der Waals surface area contributed by atoms with Gasteiger partial charge in [-0.05, 0) is 73.2 Å². The van der Waals surface area contributed by atoms with Gasteiger partial charge in [0.05, 0.1) is 18.1 Å². The van der Waals surface area contributed by atoms with E-state index in [1.165, 1.54) is 0 Å². The van der Waals surface area contributed by atoms with Crippen molar-refractivity contribution in [1.29, 1.82) is 0 Å². The lowest BCUT2D eigenvalue weighted by Gasteiger charge is -2.10. The number of esters is 1. The first-order chi connectivity index (χ1) is 15.9. The molecule has 0 aliphatic rings. The highest BCUT2D eigenvalue weighted by atomic mass is 35.5. The van der Waals surface area contributed by atoms with Crippen LogP contribution in [0.15, 0.2) is 66.7 Å². The van der Waals surface area contributed by atoms with Gasteiger partial charge < -0.3 is 19.8 Å². The van der Waals surface area contributed by atoms with Crippen molar-refractivity contribution in [3.8, 4) is 11.5 Å². The molecular formula is C25H20Cl2N2O4. The molecule has 0 saturated heterocycles. The molecule has 6 nitrogen and oxygen atoms in total. The summed E-state index contributed by atoms with van der Waals surface area (Å²) in [7, 11) is 0. The summed E-state index contributed by atoms with van der Waals surface area (Å²) in [6.45, 7) is 2.09. The van der Waals surface area contributed by atoms with Crippen molar-refractivity contribution < 1.29 is 19.1 Å². The van der Waals surface area contributed by atoms with Crippen LogP contribution in [0.4, 0.5) is 5.69 Å². The molecule has 0 bridgehead atoms. The number of halogens is 2. The molecule has 4 aromatic rings. The predicted octanol–water partition coefficient (Wildman–Crippen LogP) is 6.62. The van der Waals surface area contributed by atoms with E-state index in [2.05, 4.69) is 10.3 Å². The molecule has 0 fully saturated rings. The molecule has 1 amide bonds. The Morgan fingerprint density at radius 1 is 0.970 bits per heavy atom. The predicted molar refractivity (Wildman–Crippen MR) is 130 cm³/mol. The van der Waals surface area contributed by atoms with Crippen LogP contribution >= 0.6 is 23.2 Å². The number of aromatic amines is 1. The highest BCUT2D eigenvalue weighted by Crippen LogP contribution is 2.31. The Kier molecular flexibility index (Phi) is 6.87. The Bertz CT molecular complexity index is 1320. The van der Waals surface area contributed by atoms with Crippen molar-refractivity contribution in [2.24, 2.45) is 0 Å². The van der Waals surface area contributed by atoms with E-state index in [1.807, 2.05) is 6.07 Å². The molecule has 8 heteroatoms. The molecule has 33 heavy (non-hydrogen) atoms. The Morgan fingerprint density at radius 2 is 1.76 bits per heavy atom. The topological polar surface area (TPSA) is 80.4 Å². The monoisotopic (exact) mass is 482 g/mol. The van der Waals surface area contributed by atoms with Crippen LogP contribution in [0.1, 0.15) is 23.0 Å². The normalized spacial score (nSPS) is 10.8. The van der Waals surface area contributed by atoms with Crippen molar-refractivity contribution in [2.45, 2.75) is 13.3 Å². The lowest BCUT2D eigenvalue weighted by atomic mass is 10.1. The number of carbonyl (C=O) groups is 2. The average Bonchev–Trinajstić information content (AvgIpc) is 3.20. The van der Waals surface area contributed by atoms with Crippen LogP contribution in [0, 0.1) is 0 Å². The van der Waals surface area contributed by atoms with Crippen molar-refractivity contribution in [1.82, 2.24) is 4.98 Å². The molecule has 0 aliphatic carbocycles. The van der Waals surface area contributed by atoms with Crippen molar-refractivity contribution in [3.63, 3.8) is 0 Å². The van der Waals surface area contributed by atoms with Gasteiger partial charge in [0.25, 0.3) is 5.91 Å². The number of benzene rings is 3. The van der Waals surface area contributed by atoms with Crippen LogP contribution in [-0.4, -0.2) is 23.5 Å². The number of anilines is 1. The average molecular weight is 483 g/mol. The summed E-state index contributed by atoms with van der Waals surface area (Å²) in [5.74, 6) is 0.429. The van der Waals surface area contributed by atoms with Crippen molar-refractivity contribution in [3.05, 3.63) is 88.0 Å². The third-order valence-corrected chi connectivity index (χ3v) is 5.35. The molecule has 0 atom stereocenters. The zero-order valence-corrected chi connectivity index (χ0v) is 19.2. The number of hydrogen-bond donors (Lipinski definition) is 2. The zero-order valence-electron chi connectivity index (χ0n) is 17.7. The van der Waals surface area contributed by atoms with Crippen LogP contribution in [0.25, 0.3) is 10.9 Å². The van der Waals surface area contributed by atoms with Gasteiger partial charge in [0.1, 0.15) is 17.2 Å². The first-order valence-electron chi connectivity index (χ1n) is 10.2. The number of nitrogens with one attached hydrogen (secondary N) is 2. The smallest absolute Gasteiger partial charge is 0.310 e. The second kappa shape index (κ2) is 9.98. The van der Waals surface area contributed by atoms with Gasteiger partial charge in [-0.1, -0.05) is 29.3 Å². The van der Waals surface area contributed by atoms with E-state index in [4.69, 9.17) is 32.7 Å². The van der Waals surface area contributed by atoms with E-state index < -0.39 is 0 Å². The van der Waals surface area contributed by atoms with Gasteiger partial charge in [0.2, 0.25) is 0 Å².